The van der Waals surface area contributed by atoms with Crippen molar-refractivity contribution in [1.29, 1.82) is 0 Å². The second-order valence-corrected chi connectivity index (χ2v) is 5.59. The summed E-state index contributed by atoms with van der Waals surface area (Å²) < 4.78 is 2.08. The molecule has 124 valence electrons. The van der Waals surface area contributed by atoms with Crippen LogP contribution in [0.25, 0.3) is 11.4 Å². The van der Waals surface area contributed by atoms with Crippen molar-refractivity contribution < 1.29 is 0 Å². The normalized spacial score (nSPS) is 12.2. The number of nitrogen functional groups attached to an aromatic ring is 2. The molecule has 1 aromatic carbocycles. The van der Waals surface area contributed by atoms with Crippen LogP contribution in [-0.2, 0) is 0 Å². The molecule has 7 heteroatoms. The van der Waals surface area contributed by atoms with Crippen LogP contribution in [0.4, 0.5) is 11.9 Å². The lowest BCUT2D eigenvalue weighted by Crippen LogP contribution is -2.17. The van der Waals surface area contributed by atoms with E-state index in [1.807, 2.05) is 36.5 Å². The maximum atomic E-state index is 5.76. The molecule has 0 aliphatic rings. The van der Waals surface area contributed by atoms with E-state index >= 15 is 0 Å². The van der Waals surface area contributed by atoms with Crippen molar-refractivity contribution in [3.8, 4) is 11.4 Å². The van der Waals surface area contributed by atoms with Crippen molar-refractivity contribution >= 4 is 11.9 Å². The first-order valence-corrected chi connectivity index (χ1v) is 8.04. The van der Waals surface area contributed by atoms with Gasteiger partial charge in [0, 0.05) is 18.0 Å². The second kappa shape index (κ2) is 7.08. The minimum Gasteiger partial charge on any atom is -0.368 e. The van der Waals surface area contributed by atoms with Crippen LogP contribution in [-0.4, -0.2) is 24.5 Å². The predicted octanol–water partition coefficient (Wildman–Crippen LogP) is 2.68. The Balaban J connectivity index is 2.06. The molecule has 1 atom stereocenters. The van der Waals surface area contributed by atoms with Crippen molar-refractivity contribution in [2.45, 2.75) is 32.2 Å². The Morgan fingerprint density at radius 1 is 1.04 bits per heavy atom. The second-order valence-electron chi connectivity index (χ2n) is 5.59. The Morgan fingerprint density at radius 2 is 1.75 bits per heavy atom. The van der Waals surface area contributed by atoms with Gasteiger partial charge in [0.25, 0.3) is 0 Å². The van der Waals surface area contributed by atoms with Crippen LogP contribution >= 0.6 is 0 Å². The van der Waals surface area contributed by atoms with Gasteiger partial charge in [-0.15, -0.1) is 0 Å². The molecule has 0 fully saturated rings. The first-order valence-electron chi connectivity index (χ1n) is 8.04. The molecule has 0 saturated heterocycles. The Kier molecular flexibility index (Phi) is 4.69. The minimum atomic E-state index is -0.0877. The highest BCUT2D eigenvalue weighted by Crippen LogP contribution is 2.28. The summed E-state index contributed by atoms with van der Waals surface area (Å²) in [5, 5.41) is 0. The molecule has 7 nitrogen and oxygen atoms in total. The molecule has 0 aliphatic heterocycles. The van der Waals surface area contributed by atoms with Gasteiger partial charge in [-0.2, -0.15) is 15.0 Å². The molecule has 0 radical (unpaired) electrons. The lowest BCUT2D eigenvalue weighted by Gasteiger charge is -2.20. The van der Waals surface area contributed by atoms with E-state index in [0.717, 1.165) is 30.7 Å². The predicted molar refractivity (Wildman–Crippen MR) is 94.0 cm³/mol. The molecule has 4 N–H and O–H groups in total. The van der Waals surface area contributed by atoms with Gasteiger partial charge in [-0.1, -0.05) is 50.1 Å². The highest BCUT2D eigenvalue weighted by Gasteiger charge is 2.21. The Hall–Kier alpha value is -2.96. The third-order valence-electron chi connectivity index (χ3n) is 3.85. The van der Waals surface area contributed by atoms with E-state index in [1.165, 1.54) is 0 Å². The number of aromatic nitrogens is 5. The molecule has 3 aromatic rings. The standard InChI is InChI=1S/C17H21N7/c1-2-3-9-13(14-21-16(18)23-17(19)22-14)24-11-10-20-15(24)12-7-5-4-6-8-12/h4-8,10-11,13H,2-3,9H2,1H3,(H4,18,19,21,22,23). The van der Waals surface area contributed by atoms with Gasteiger partial charge in [0.2, 0.25) is 11.9 Å². The zero-order chi connectivity index (χ0) is 16.9. The fourth-order valence-corrected chi connectivity index (χ4v) is 2.74. The van der Waals surface area contributed by atoms with Crippen LogP contribution in [0.15, 0.2) is 42.7 Å². The highest BCUT2D eigenvalue weighted by molar-refractivity contribution is 5.55. The number of imidazole rings is 1. The summed E-state index contributed by atoms with van der Waals surface area (Å²) in [7, 11) is 0. The molecule has 2 aromatic heterocycles. The van der Waals surface area contributed by atoms with Crippen LogP contribution in [0.2, 0.25) is 0 Å². The summed E-state index contributed by atoms with van der Waals surface area (Å²) in [6, 6.07) is 9.95. The van der Waals surface area contributed by atoms with Crippen LogP contribution in [0, 0.1) is 0 Å². The smallest absolute Gasteiger partial charge is 0.225 e. The van der Waals surface area contributed by atoms with Gasteiger partial charge in [-0.25, -0.2) is 4.98 Å². The van der Waals surface area contributed by atoms with E-state index < -0.39 is 0 Å². The summed E-state index contributed by atoms with van der Waals surface area (Å²) in [6.07, 6.45) is 6.70. The summed E-state index contributed by atoms with van der Waals surface area (Å²) in [6.45, 7) is 2.15. The number of unbranched alkanes of at least 4 members (excludes halogenated alkanes) is 1. The minimum absolute atomic E-state index is 0.0877. The molecule has 2 heterocycles. The molecule has 1 unspecified atom stereocenters. The van der Waals surface area contributed by atoms with Gasteiger partial charge in [0.1, 0.15) is 5.82 Å². The van der Waals surface area contributed by atoms with E-state index in [0.29, 0.717) is 5.82 Å². The van der Waals surface area contributed by atoms with E-state index in [2.05, 4.69) is 31.4 Å². The van der Waals surface area contributed by atoms with Gasteiger partial charge in [-0.05, 0) is 6.42 Å². The molecule has 0 aliphatic carbocycles. The molecule has 0 amide bonds. The van der Waals surface area contributed by atoms with Crippen molar-refractivity contribution in [3.05, 3.63) is 48.5 Å². The number of nitrogens with zero attached hydrogens (tertiary/aromatic N) is 5. The Labute approximate surface area is 140 Å². The molecule has 0 saturated carbocycles. The van der Waals surface area contributed by atoms with Crippen molar-refractivity contribution in [3.63, 3.8) is 0 Å². The van der Waals surface area contributed by atoms with Crippen LogP contribution in [0.3, 0.4) is 0 Å². The quantitative estimate of drug-likeness (QED) is 0.722. The third kappa shape index (κ3) is 3.34. The zero-order valence-corrected chi connectivity index (χ0v) is 13.6. The lowest BCUT2D eigenvalue weighted by molar-refractivity contribution is 0.494. The van der Waals surface area contributed by atoms with Crippen molar-refractivity contribution in [2.24, 2.45) is 0 Å². The summed E-state index contributed by atoms with van der Waals surface area (Å²) in [5.41, 5.74) is 12.6. The maximum absolute atomic E-state index is 5.76. The topological polar surface area (TPSA) is 109 Å². The third-order valence-corrected chi connectivity index (χ3v) is 3.85. The van der Waals surface area contributed by atoms with Crippen molar-refractivity contribution in [1.82, 2.24) is 24.5 Å². The molecule has 24 heavy (non-hydrogen) atoms. The number of hydrogen-bond donors (Lipinski definition) is 2. The largest absolute Gasteiger partial charge is 0.368 e. The first kappa shape index (κ1) is 15.9. The highest BCUT2D eigenvalue weighted by atomic mass is 15.2. The number of anilines is 2. The molecule has 0 spiro atoms. The summed E-state index contributed by atoms with van der Waals surface area (Å²) >= 11 is 0. The van der Waals surface area contributed by atoms with E-state index in [-0.39, 0.29) is 17.9 Å². The van der Waals surface area contributed by atoms with E-state index in [9.17, 15) is 0 Å². The molecular formula is C17H21N7. The number of hydrogen-bond acceptors (Lipinski definition) is 6. The lowest BCUT2D eigenvalue weighted by atomic mass is 10.1. The van der Waals surface area contributed by atoms with E-state index in [4.69, 9.17) is 11.5 Å². The fraction of sp³-hybridized carbons (Fsp3) is 0.294. The molecule has 3 rings (SSSR count). The van der Waals surface area contributed by atoms with Crippen LogP contribution in [0.5, 0.6) is 0 Å². The Morgan fingerprint density at radius 3 is 2.42 bits per heavy atom. The van der Waals surface area contributed by atoms with Gasteiger partial charge < -0.3 is 16.0 Å². The number of nitrogens with two attached hydrogens (primary N) is 2. The molecule has 0 bridgehead atoms. The first-order chi connectivity index (χ1) is 11.7. The fourth-order valence-electron chi connectivity index (χ4n) is 2.74. The zero-order valence-electron chi connectivity index (χ0n) is 13.6. The van der Waals surface area contributed by atoms with Gasteiger partial charge in [0.15, 0.2) is 5.82 Å². The maximum Gasteiger partial charge on any atom is 0.225 e. The SMILES string of the molecule is CCCCC(c1nc(N)nc(N)n1)n1ccnc1-c1ccccc1. The van der Waals surface area contributed by atoms with Crippen LogP contribution < -0.4 is 11.5 Å². The average Bonchev–Trinajstić information content (AvgIpc) is 3.05. The number of rotatable bonds is 6. The van der Waals surface area contributed by atoms with Gasteiger partial charge in [0.05, 0.1) is 6.04 Å². The summed E-state index contributed by atoms with van der Waals surface area (Å²) in [4.78, 5) is 17.0. The number of benzene rings is 1. The Bertz CT molecular complexity index is 777. The van der Waals surface area contributed by atoms with E-state index in [1.54, 1.807) is 6.20 Å². The van der Waals surface area contributed by atoms with Gasteiger partial charge in [-0.3, -0.25) is 0 Å². The monoisotopic (exact) mass is 323 g/mol. The summed E-state index contributed by atoms with van der Waals surface area (Å²) in [5.74, 6) is 1.72. The average molecular weight is 323 g/mol. The van der Waals surface area contributed by atoms with Gasteiger partial charge >= 0.3 is 0 Å². The van der Waals surface area contributed by atoms with Crippen LogP contribution in [0.1, 0.15) is 38.1 Å². The van der Waals surface area contributed by atoms with Crippen molar-refractivity contribution in [2.75, 3.05) is 11.5 Å². The molecular weight excluding hydrogens is 302 g/mol.